The first kappa shape index (κ1) is 14.5. The average Bonchev–Trinajstić information content (AvgIpc) is 2.96. The molecule has 0 saturated carbocycles. The SMILES string of the molecule is CC1([C@H](O)[C@H]2CCCN(c3ccccc3)C2=O)OCCO1. The monoisotopic (exact) mass is 291 g/mol. The van der Waals surface area contributed by atoms with Gasteiger partial charge in [0.2, 0.25) is 5.91 Å². The van der Waals surface area contributed by atoms with Crippen LogP contribution in [-0.2, 0) is 14.3 Å². The van der Waals surface area contributed by atoms with Crippen LogP contribution in [0.2, 0.25) is 0 Å². The van der Waals surface area contributed by atoms with Crippen LogP contribution in [0.4, 0.5) is 5.69 Å². The van der Waals surface area contributed by atoms with Crippen LogP contribution in [-0.4, -0.2) is 42.7 Å². The van der Waals surface area contributed by atoms with Gasteiger partial charge in [-0.2, -0.15) is 0 Å². The Morgan fingerprint density at radius 2 is 1.95 bits per heavy atom. The maximum Gasteiger partial charge on any atom is 0.232 e. The fourth-order valence-electron chi connectivity index (χ4n) is 3.13. The van der Waals surface area contributed by atoms with Gasteiger partial charge in [-0.25, -0.2) is 0 Å². The first-order valence-corrected chi connectivity index (χ1v) is 7.44. The van der Waals surface area contributed by atoms with Gasteiger partial charge in [-0.3, -0.25) is 4.79 Å². The summed E-state index contributed by atoms with van der Waals surface area (Å²) in [6, 6.07) is 9.57. The average molecular weight is 291 g/mol. The fraction of sp³-hybridized carbons (Fsp3) is 0.562. The van der Waals surface area contributed by atoms with Gasteiger partial charge in [0.25, 0.3) is 0 Å². The number of para-hydroxylation sites is 1. The van der Waals surface area contributed by atoms with Gasteiger partial charge in [-0.05, 0) is 31.9 Å². The second-order valence-corrected chi connectivity index (χ2v) is 5.73. The van der Waals surface area contributed by atoms with E-state index in [-0.39, 0.29) is 5.91 Å². The number of piperidine rings is 1. The van der Waals surface area contributed by atoms with Gasteiger partial charge in [-0.1, -0.05) is 18.2 Å². The zero-order valence-corrected chi connectivity index (χ0v) is 12.2. The molecule has 0 aliphatic carbocycles. The molecule has 0 aromatic heterocycles. The summed E-state index contributed by atoms with van der Waals surface area (Å²) in [5.74, 6) is -1.61. The normalized spacial score (nSPS) is 26.9. The number of hydrogen-bond donors (Lipinski definition) is 1. The molecule has 2 aliphatic heterocycles. The molecule has 2 atom stereocenters. The predicted octanol–water partition coefficient (Wildman–Crippen LogP) is 1.55. The molecule has 0 radical (unpaired) electrons. The van der Waals surface area contributed by atoms with E-state index in [0.717, 1.165) is 12.1 Å². The Labute approximate surface area is 124 Å². The molecule has 3 rings (SSSR count). The van der Waals surface area contributed by atoms with Crippen molar-refractivity contribution in [3.05, 3.63) is 30.3 Å². The summed E-state index contributed by atoms with van der Waals surface area (Å²) in [4.78, 5) is 14.5. The highest BCUT2D eigenvalue weighted by molar-refractivity contribution is 5.96. The molecular formula is C16H21NO4. The summed E-state index contributed by atoms with van der Waals surface area (Å²) in [6.45, 7) is 3.30. The number of ether oxygens (including phenoxy) is 2. The van der Waals surface area contributed by atoms with Crippen LogP contribution >= 0.6 is 0 Å². The largest absolute Gasteiger partial charge is 0.387 e. The van der Waals surface area contributed by atoms with Gasteiger partial charge in [0.15, 0.2) is 5.79 Å². The van der Waals surface area contributed by atoms with E-state index >= 15 is 0 Å². The Balaban J connectivity index is 1.79. The first-order valence-electron chi connectivity index (χ1n) is 7.44. The van der Waals surface area contributed by atoms with Crippen molar-refractivity contribution in [2.45, 2.75) is 31.7 Å². The highest BCUT2D eigenvalue weighted by Crippen LogP contribution is 2.33. The van der Waals surface area contributed by atoms with Gasteiger partial charge < -0.3 is 19.5 Å². The molecular weight excluding hydrogens is 270 g/mol. The molecule has 2 aliphatic rings. The topological polar surface area (TPSA) is 59.0 Å². The summed E-state index contributed by atoms with van der Waals surface area (Å²) in [6.07, 6.45) is 0.573. The highest BCUT2D eigenvalue weighted by atomic mass is 16.7. The molecule has 5 nitrogen and oxygen atoms in total. The third-order valence-corrected chi connectivity index (χ3v) is 4.33. The van der Waals surface area contributed by atoms with Crippen LogP contribution in [0.15, 0.2) is 30.3 Å². The third-order valence-electron chi connectivity index (χ3n) is 4.33. The number of carbonyl (C=O) groups excluding carboxylic acids is 1. The van der Waals surface area contributed by atoms with Crippen LogP contribution in [0, 0.1) is 5.92 Å². The van der Waals surface area contributed by atoms with Crippen molar-refractivity contribution in [2.75, 3.05) is 24.7 Å². The van der Waals surface area contributed by atoms with Crippen molar-refractivity contribution < 1.29 is 19.4 Å². The van der Waals surface area contributed by atoms with E-state index in [9.17, 15) is 9.90 Å². The lowest BCUT2D eigenvalue weighted by molar-refractivity contribution is -0.221. The number of rotatable bonds is 3. The van der Waals surface area contributed by atoms with Crippen LogP contribution in [0.25, 0.3) is 0 Å². The minimum absolute atomic E-state index is 0.0553. The molecule has 1 aromatic rings. The summed E-state index contributed by atoms with van der Waals surface area (Å²) in [5.41, 5.74) is 0.873. The number of aliphatic hydroxyl groups excluding tert-OH is 1. The summed E-state index contributed by atoms with van der Waals surface area (Å²) in [5, 5.41) is 10.6. The minimum Gasteiger partial charge on any atom is -0.387 e. The molecule has 5 heteroatoms. The molecule has 0 bridgehead atoms. The van der Waals surface area contributed by atoms with E-state index in [1.807, 2.05) is 30.3 Å². The molecule has 1 N–H and O–H groups in total. The standard InChI is InChI=1S/C16H21NO4/c1-16(20-10-11-21-16)14(18)13-8-5-9-17(15(13)19)12-6-3-2-4-7-12/h2-4,6-7,13-14,18H,5,8-11H2,1H3/t13-,14-/m1/s1. The van der Waals surface area contributed by atoms with Crippen molar-refractivity contribution in [2.24, 2.45) is 5.92 Å². The van der Waals surface area contributed by atoms with E-state index < -0.39 is 17.8 Å². The van der Waals surface area contributed by atoms with Gasteiger partial charge in [0, 0.05) is 12.2 Å². The lowest BCUT2D eigenvalue weighted by atomic mass is 9.87. The first-order chi connectivity index (χ1) is 10.1. The number of anilines is 1. The molecule has 2 saturated heterocycles. The maximum atomic E-state index is 12.7. The smallest absolute Gasteiger partial charge is 0.232 e. The summed E-state index contributed by atoms with van der Waals surface area (Å²) < 4.78 is 11.0. The molecule has 21 heavy (non-hydrogen) atoms. The number of aliphatic hydroxyl groups is 1. The van der Waals surface area contributed by atoms with Crippen molar-refractivity contribution in [3.8, 4) is 0 Å². The molecule has 0 unspecified atom stereocenters. The Kier molecular flexibility index (Phi) is 3.97. The molecule has 1 aromatic carbocycles. The number of amides is 1. The van der Waals surface area contributed by atoms with Crippen LogP contribution in [0.3, 0.4) is 0 Å². The lowest BCUT2D eigenvalue weighted by Gasteiger charge is -2.39. The molecule has 2 heterocycles. The van der Waals surface area contributed by atoms with E-state index in [4.69, 9.17) is 9.47 Å². The van der Waals surface area contributed by atoms with E-state index in [1.165, 1.54) is 0 Å². The van der Waals surface area contributed by atoms with Gasteiger partial charge in [0.05, 0.1) is 19.1 Å². The Morgan fingerprint density at radius 3 is 2.62 bits per heavy atom. The zero-order chi connectivity index (χ0) is 14.9. The third kappa shape index (κ3) is 2.69. The zero-order valence-electron chi connectivity index (χ0n) is 12.2. The van der Waals surface area contributed by atoms with Gasteiger partial charge >= 0.3 is 0 Å². The number of nitrogens with zero attached hydrogens (tertiary/aromatic N) is 1. The maximum absolute atomic E-state index is 12.7. The number of benzene rings is 1. The van der Waals surface area contributed by atoms with Gasteiger partial charge in [0.1, 0.15) is 6.10 Å². The summed E-state index contributed by atoms with van der Waals surface area (Å²) >= 11 is 0. The molecule has 2 fully saturated rings. The van der Waals surface area contributed by atoms with Crippen LogP contribution in [0.1, 0.15) is 19.8 Å². The van der Waals surface area contributed by atoms with Crippen LogP contribution < -0.4 is 4.90 Å². The Morgan fingerprint density at radius 1 is 1.29 bits per heavy atom. The Hall–Kier alpha value is -1.43. The number of carbonyl (C=O) groups is 1. The van der Waals surface area contributed by atoms with Gasteiger partial charge in [-0.15, -0.1) is 0 Å². The Bertz CT molecular complexity index is 498. The molecule has 0 spiro atoms. The van der Waals surface area contributed by atoms with Crippen molar-refractivity contribution in [1.29, 1.82) is 0 Å². The predicted molar refractivity (Wildman–Crippen MR) is 77.8 cm³/mol. The second kappa shape index (κ2) is 5.75. The van der Waals surface area contributed by atoms with E-state index in [1.54, 1.807) is 11.8 Å². The molecule has 114 valence electrons. The summed E-state index contributed by atoms with van der Waals surface area (Å²) in [7, 11) is 0. The van der Waals surface area contributed by atoms with Crippen molar-refractivity contribution in [1.82, 2.24) is 0 Å². The minimum atomic E-state index is -1.07. The van der Waals surface area contributed by atoms with Crippen molar-refractivity contribution in [3.63, 3.8) is 0 Å². The fourth-order valence-corrected chi connectivity index (χ4v) is 3.13. The number of hydrogen-bond acceptors (Lipinski definition) is 4. The highest BCUT2D eigenvalue weighted by Gasteiger charge is 2.47. The quantitative estimate of drug-likeness (QED) is 0.918. The second-order valence-electron chi connectivity index (χ2n) is 5.73. The van der Waals surface area contributed by atoms with E-state index in [2.05, 4.69) is 0 Å². The van der Waals surface area contributed by atoms with Crippen molar-refractivity contribution >= 4 is 11.6 Å². The lowest BCUT2D eigenvalue weighted by Crippen LogP contribution is -2.53. The van der Waals surface area contributed by atoms with E-state index in [0.29, 0.717) is 26.2 Å². The van der Waals surface area contributed by atoms with Crippen LogP contribution in [0.5, 0.6) is 0 Å². The molecule has 1 amide bonds.